The number of aromatic nitrogens is 4. The van der Waals surface area contributed by atoms with Gasteiger partial charge in [-0.2, -0.15) is 9.97 Å². The number of fused-ring (bicyclic) bond motifs is 4. The number of anilines is 3. The van der Waals surface area contributed by atoms with E-state index in [-0.39, 0.29) is 0 Å². The molecule has 0 bridgehead atoms. The first-order valence-corrected chi connectivity index (χ1v) is 17.1. The van der Waals surface area contributed by atoms with Crippen molar-refractivity contribution in [3.05, 3.63) is 176 Å². The summed E-state index contributed by atoms with van der Waals surface area (Å²) in [4.78, 5) is 23.1. The fourth-order valence-corrected chi connectivity index (χ4v) is 7.28. The van der Waals surface area contributed by atoms with Crippen molar-refractivity contribution in [1.29, 1.82) is 0 Å². The van der Waals surface area contributed by atoms with E-state index in [1.165, 1.54) is 0 Å². The first-order valence-electron chi connectivity index (χ1n) is 17.1. The Morgan fingerprint density at radius 1 is 0.353 bits per heavy atom. The van der Waals surface area contributed by atoms with Gasteiger partial charge in [0.05, 0.1) is 22.6 Å². The van der Waals surface area contributed by atoms with Crippen LogP contribution in [0.5, 0.6) is 0 Å². The van der Waals surface area contributed by atoms with E-state index < -0.39 is 0 Å². The van der Waals surface area contributed by atoms with Gasteiger partial charge in [0, 0.05) is 32.8 Å². The molecule has 0 N–H and O–H groups in total. The van der Waals surface area contributed by atoms with Crippen molar-refractivity contribution in [2.45, 2.75) is 0 Å². The summed E-state index contributed by atoms with van der Waals surface area (Å²) < 4.78 is 0. The largest absolute Gasteiger partial charge is 0.278 e. The first-order chi connectivity index (χ1) is 25.3. The molecule has 0 aliphatic carbocycles. The van der Waals surface area contributed by atoms with E-state index in [9.17, 15) is 0 Å². The molecular formula is C46H29N5. The lowest BCUT2D eigenvalue weighted by Gasteiger charge is -2.33. The lowest BCUT2D eigenvalue weighted by molar-refractivity contribution is 1.02. The molecule has 0 unspecified atom stereocenters. The number of rotatable bonds is 5. The van der Waals surface area contributed by atoms with Crippen LogP contribution in [0.4, 0.5) is 17.3 Å². The fourth-order valence-electron chi connectivity index (χ4n) is 7.28. The predicted octanol–water partition coefficient (Wildman–Crippen LogP) is 11.7. The second kappa shape index (κ2) is 11.9. The average molecular weight is 652 g/mol. The van der Waals surface area contributed by atoms with E-state index in [4.69, 9.17) is 19.9 Å². The molecule has 5 nitrogen and oxygen atoms in total. The van der Waals surface area contributed by atoms with Crippen LogP contribution in [0, 0.1) is 0 Å². The van der Waals surface area contributed by atoms with E-state index in [1.807, 2.05) is 60.7 Å². The standard InChI is InChI=1S/C46H29N5/c1-5-15-30(16-6-1)34-25-27-39-37(29-34)43-42-40(28-26-35(31-17-7-2-8-18-31)41(42)36-23-13-14-24-38(36)47-43)51(39)46-49-44(32-19-9-3-10-20-32)48-45(50-46)33-21-11-4-12-22-33/h1-29H. The summed E-state index contributed by atoms with van der Waals surface area (Å²) in [6.07, 6.45) is 0. The quantitative estimate of drug-likeness (QED) is 0.173. The van der Waals surface area contributed by atoms with Crippen LogP contribution in [0.25, 0.3) is 78.0 Å². The first kappa shape index (κ1) is 29.0. The van der Waals surface area contributed by atoms with Crippen molar-refractivity contribution in [3.63, 3.8) is 0 Å². The highest BCUT2D eigenvalue weighted by atomic mass is 15.3. The van der Waals surface area contributed by atoms with Gasteiger partial charge in [-0.3, -0.25) is 4.90 Å². The molecule has 3 heterocycles. The van der Waals surface area contributed by atoms with Crippen molar-refractivity contribution >= 4 is 39.0 Å². The molecule has 0 radical (unpaired) electrons. The second-order valence-electron chi connectivity index (χ2n) is 12.7. The van der Waals surface area contributed by atoms with Crippen LogP contribution >= 0.6 is 0 Å². The molecule has 0 atom stereocenters. The molecule has 5 heteroatoms. The van der Waals surface area contributed by atoms with Crippen LogP contribution in [-0.4, -0.2) is 19.9 Å². The molecule has 51 heavy (non-hydrogen) atoms. The topological polar surface area (TPSA) is 54.8 Å². The highest BCUT2D eigenvalue weighted by molar-refractivity contribution is 6.24. The number of hydrogen-bond donors (Lipinski definition) is 0. The summed E-state index contributed by atoms with van der Waals surface area (Å²) >= 11 is 0. The SMILES string of the molecule is c1ccc(-c2ccc3c(c2)-c2nc4ccccc4c4c(-c5ccccc5)ccc(c24)N3c2nc(-c3ccccc3)nc(-c3ccccc3)n2)cc1. The zero-order valence-corrected chi connectivity index (χ0v) is 27.5. The molecule has 10 rings (SSSR count). The van der Waals surface area contributed by atoms with Gasteiger partial charge in [0.1, 0.15) is 0 Å². The van der Waals surface area contributed by atoms with Crippen molar-refractivity contribution < 1.29 is 0 Å². The minimum Gasteiger partial charge on any atom is -0.278 e. The summed E-state index contributed by atoms with van der Waals surface area (Å²) in [5, 5.41) is 3.32. The van der Waals surface area contributed by atoms with Crippen molar-refractivity contribution in [1.82, 2.24) is 19.9 Å². The molecule has 0 saturated heterocycles. The molecule has 238 valence electrons. The molecular weight excluding hydrogens is 623 g/mol. The molecule has 7 aromatic carbocycles. The summed E-state index contributed by atoms with van der Waals surface area (Å²) in [6.45, 7) is 0. The Kier molecular flexibility index (Phi) is 6.74. The molecule has 0 saturated carbocycles. The van der Waals surface area contributed by atoms with Gasteiger partial charge in [-0.1, -0.05) is 152 Å². The maximum atomic E-state index is 5.42. The van der Waals surface area contributed by atoms with Gasteiger partial charge in [0.15, 0.2) is 11.6 Å². The zero-order valence-electron chi connectivity index (χ0n) is 27.5. The molecule has 2 aromatic heterocycles. The van der Waals surface area contributed by atoms with Crippen LogP contribution in [0.1, 0.15) is 0 Å². The van der Waals surface area contributed by atoms with Crippen molar-refractivity contribution in [3.8, 4) is 56.3 Å². The Bertz CT molecular complexity index is 2670. The van der Waals surface area contributed by atoms with Crippen LogP contribution < -0.4 is 4.90 Å². The molecule has 0 fully saturated rings. The molecule has 9 aromatic rings. The summed E-state index contributed by atoms with van der Waals surface area (Å²) in [5.74, 6) is 1.77. The number of hydrogen-bond acceptors (Lipinski definition) is 5. The van der Waals surface area contributed by atoms with Crippen LogP contribution in [0.3, 0.4) is 0 Å². The van der Waals surface area contributed by atoms with Gasteiger partial charge in [0.2, 0.25) is 5.95 Å². The molecule has 1 aliphatic rings. The van der Waals surface area contributed by atoms with Crippen LogP contribution in [0.2, 0.25) is 0 Å². The zero-order chi connectivity index (χ0) is 33.7. The molecule has 1 aliphatic heterocycles. The highest BCUT2D eigenvalue weighted by Crippen LogP contribution is 2.53. The summed E-state index contributed by atoms with van der Waals surface area (Å²) in [5.41, 5.74) is 11.3. The summed E-state index contributed by atoms with van der Waals surface area (Å²) in [6, 6.07) is 60.9. The smallest absolute Gasteiger partial charge is 0.238 e. The number of para-hydroxylation sites is 1. The van der Waals surface area contributed by atoms with Gasteiger partial charge in [-0.15, -0.1) is 0 Å². The number of benzene rings is 7. The van der Waals surface area contributed by atoms with Crippen LogP contribution in [0.15, 0.2) is 176 Å². The van der Waals surface area contributed by atoms with Gasteiger partial charge in [0.25, 0.3) is 0 Å². The Morgan fingerprint density at radius 3 is 1.55 bits per heavy atom. The average Bonchev–Trinajstić information content (AvgIpc) is 3.22. The normalized spacial score (nSPS) is 11.9. The third-order valence-electron chi connectivity index (χ3n) is 9.64. The van der Waals surface area contributed by atoms with Gasteiger partial charge in [-0.05, 0) is 46.5 Å². The monoisotopic (exact) mass is 651 g/mol. The fraction of sp³-hybridized carbons (Fsp3) is 0. The minimum atomic E-state index is 0.545. The Labute approximate surface area is 295 Å². The maximum Gasteiger partial charge on any atom is 0.238 e. The van der Waals surface area contributed by atoms with E-state index >= 15 is 0 Å². The Balaban J connectivity index is 1.33. The number of pyridine rings is 1. The van der Waals surface area contributed by atoms with Crippen molar-refractivity contribution in [2.75, 3.05) is 4.90 Å². The summed E-state index contributed by atoms with van der Waals surface area (Å²) in [7, 11) is 0. The Morgan fingerprint density at radius 2 is 0.902 bits per heavy atom. The van der Waals surface area contributed by atoms with Crippen molar-refractivity contribution in [2.24, 2.45) is 0 Å². The van der Waals surface area contributed by atoms with Gasteiger partial charge in [-0.25, -0.2) is 9.97 Å². The lowest BCUT2D eigenvalue weighted by atomic mass is 9.88. The van der Waals surface area contributed by atoms with E-state index in [0.717, 1.165) is 77.7 Å². The highest BCUT2D eigenvalue weighted by Gasteiger charge is 2.32. The Hall–Kier alpha value is -6.98. The van der Waals surface area contributed by atoms with Gasteiger partial charge < -0.3 is 0 Å². The predicted molar refractivity (Wildman–Crippen MR) is 208 cm³/mol. The van der Waals surface area contributed by atoms with Gasteiger partial charge >= 0.3 is 0 Å². The minimum absolute atomic E-state index is 0.545. The molecule has 0 spiro atoms. The third-order valence-corrected chi connectivity index (χ3v) is 9.64. The second-order valence-corrected chi connectivity index (χ2v) is 12.7. The van der Waals surface area contributed by atoms with Crippen LogP contribution in [-0.2, 0) is 0 Å². The van der Waals surface area contributed by atoms with E-state index in [0.29, 0.717) is 17.6 Å². The molecule has 0 amide bonds. The third kappa shape index (κ3) is 4.86. The maximum absolute atomic E-state index is 5.42. The van der Waals surface area contributed by atoms with E-state index in [1.54, 1.807) is 0 Å². The lowest BCUT2D eigenvalue weighted by Crippen LogP contribution is -2.19. The van der Waals surface area contributed by atoms with E-state index in [2.05, 4.69) is 120 Å². The number of nitrogens with zero attached hydrogens (tertiary/aromatic N) is 5.